The van der Waals surface area contributed by atoms with Crippen LogP contribution in [0.5, 0.6) is 11.5 Å². The summed E-state index contributed by atoms with van der Waals surface area (Å²) >= 11 is 0. The van der Waals surface area contributed by atoms with E-state index in [1.165, 1.54) is 12.1 Å². The van der Waals surface area contributed by atoms with Crippen LogP contribution in [0.2, 0.25) is 0 Å². The average molecular weight is 494 g/mol. The highest BCUT2D eigenvalue weighted by atomic mass is 16.6. The van der Waals surface area contributed by atoms with E-state index in [2.05, 4.69) is 5.32 Å². The quantitative estimate of drug-likeness (QED) is 0.291. The molecule has 1 aromatic carbocycles. The number of carbonyl (C=O) groups excluding carboxylic acids is 3. The maximum absolute atomic E-state index is 12.1. The zero-order chi connectivity index (χ0) is 26.6. The van der Waals surface area contributed by atoms with E-state index in [1.54, 1.807) is 13.0 Å². The van der Waals surface area contributed by atoms with E-state index in [4.69, 9.17) is 14.2 Å². The van der Waals surface area contributed by atoms with Crippen LogP contribution in [0, 0.1) is 5.41 Å². The van der Waals surface area contributed by atoms with Gasteiger partial charge in [0, 0.05) is 19.4 Å². The summed E-state index contributed by atoms with van der Waals surface area (Å²) in [6, 6.07) is 3.64. The Morgan fingerprint density at radius 3 is 2.03 bits per heavy atom. The van der Waals surface area contributed by atoms with Gasteiger partial charge in [0.05, 0.1) is 6.42 Å². The van der Waals surface area contributed by atoms with E-state index in [9.17, 15) is 24.3 Å². The van der Waals surface area contributed by atoms with Gasteiger partial charge in [-0.15, -0.1) is 0 Å². The van der Waals surface area contributed by atoms with Crippen molar-refractivity contribution in [2.24, 2.45) is 5.41 Å². The molecule has 9 nitrogen and oxygen atoms in total. The highest BCUT2D eigenvalue weighted by molar-refractivity contribution is 5.77. The maximum atomic E-state index is 12.1. The molecule has 196 valence electrons. The number of carboxylic acids is 1. The molecule has 0 aromatic heterocycles. The van der Waals surface area contributed by atoms with Crippen molar-refractivity contribution in [3.05, 3.63) is 23.8 Å². The molecular weight excluding hydrogens is 454 g/mol. The van der Waals surface area contributed by atoms with Gasteiger partial charge in [0.15, 0.2) is 11.5 Å². The van der Waals surface area contributed by atoms with Crippen LogP contribution in [-0.4, -0.2) is 47.7 Å². The third kappa shape index (κ3) is 12.4. The second kappa shape index (κ2) is 14.5. The zero-order valence-electron chi connectivity index (χ0n) is 21.6. The molecule has 0 aliphatic carbocycles. The maximum Gasteiger partial charge on any atom is 0.321 e. The Balaban J connectivity index is 2.92. The minimum atomic E-state index is -1.08. The van der Waals surface area contributed by atoms with Gasteiger partial charge in [0.2, 0.25) is 0 Å². The standard InChI is InChI=1S/C26H39NO8/c1-7-9-22(28)34-20-12-11-18(14-21(20)35-23(29)10-8-2)13-19(25(31)32)27-16-17(3)33-24(30)15-26(4,5)6/h11-12,14,17,19,27H,7-10,13,15-16H2,1-6H3,(H,31,32)/t17?,19-/m0/s1. The Morgan fingerprint density at radius 2 is 1.51 bits per heavy atom. The minimum Gasteiger partial charge on any atom is -0.480 e. The first-order valence-electron chi connectivity index (χ1n) is 12.0. The van der Waals surface area contributed by atoms with Crippen molar-refractivity contribution in [1.29, 1.82) is 0 Å². The summed E-state index contributed by atoms with van der Waals surface area (Å²) in [5.74, 6) is -2.18. The van der Waals surface area contributed by atoms with Crippen LogP contribution in [0.4, 0.5) is 0 Å². The van der Waals surface area contributed by atoms with Crippen LogP contribution in [0.1, 0.15) is 79.2 Å². The van der Waals surface area contributed by atoms with Gasteiger partial charge in [0.1, 0.15) is 12.1 Å². The highest BCUT2D eigenvalue weighted by Gasteiger charge is 2.23. The molecule has 0 bridgehead atoms. The van der Waals surface area contributed by atoms with Crippen LogP contribution < -0.4 is 14.8 Å². The number of esters is 3. The van der Waals surface area contributed by atoms with Crippen molar-refractivity contribution >= 4 is 23.9 Å². The minimum absolute atomic E-state index is 0.0685. The van der Waals surface area contributed by atoms with Crippen LogP contribution in [-0.2, 0) is 30.3 Å². The first-order valence-corrected chi connectivity index (χ1v) is 12.0. The van der Waals surface area contributed by atoms with Gasteiger partial charge in [-0.1, -0.05) is 40.7 Å². The number of aliphatic carboxylic acids is 1. The fourth-order valence-corrected chi connectivity index (χ4v) is 3.13. The second-order valence-electron chi connectivity index (χ2n) is 9.77. The number of carboxylic acid groups (broad SMARTS) is 1. The molecule has 1 unspecified atom stereocenters. The molecule has 1 aromatic rings. The molecule has 9 heteroatoms. The van der Waals surface area contributed by atoms with Crippen LogP contribution in [0.15, 0.2) is 18.2 Å². The number of nitrogens with one attached hydrogen (secondary N) is 1. The fraction of sp³-hybridized carbons (Fsp3) is 0.615. The third-order valence-electron chi connectivity index (χ3n) is 4.76. The summed E-state index contributed by atoms with van der Waals surface area (Å²) < 4.78 is 16.1. The number of rotatable bonds is 14. The summed E-state index contributed by atoms with van der Waals surface area (Å²) in [5, 5.41) is 12.6. The largest absolute Gasteiger partial charge is 0.480 e. The smallest absolute Gasteiger partial charge is 0.321 e. The predicted molar refractivity (Wildman–Crippen MR) is 130 cm³/mol. The Bertz CT molecular complexity index is 875. The lowest BCUT2D eigenvalue weighted by Crippen LogP contribution is -2.42. The number of carbonyl (C=O) groups is 4. The summed E-state index contributed by atoms with van der Waals surface area (Å²) in [6.45, 7) is 11.3. The Hall–Kier alpha value is -2.94. The van der Waals surface area contributed by atoms with Gasteiger partial charge in [-0.05, 0) is 49.3 Å². The van der Waals surface area contributed by atoms with E-state index < -0.39 is 30.1 Å². The van der Waals surface area contributed by atoms with Crippen LogP contribution in [0.25, 0.3) is 0 Å². The molecule has 0 radical (unpaired) electrons. The topological polar surface area (TPSA) is 128 Å². The lowest BCUT2D eigenvalue weighted by Gasteiger charge is -2.21. The molecule has 0 fully saturated rings. The Kier molecular flexibility index (Phi) is 12.4. The molecular formula is C26H39NO8. The van der Waals surface area contributed by atoms with Gasteiger partial charge in [-0.3, -0.25) is 19.2 Å². The third-order valence-corrected chi connectivity index (χ3v) is 4.76. The van der Waals surface area contributed by atoms with E-state index in [0.29, 0.717) is 18.4 Å². The lowest BCUT2D eigenvalue weighted by atomic mass is 9.92. The van der Waals surface area contributed by atoms with Crippen molar-refractivity contribution in [1.82, 2.24) is 5.32 Å². The molecule has 0 amide bonds. The molecule has 0 saturated carbocycles. The van der Waals surface area contributed by atoms with E-state index >= 15 is 0 Å². The first kappa shape index (κ1) is 30.1. The van der Waals surface area contributed by atoms with E-state index in [0.717, 1.165) is 0 Å². The molecule has 0 aliphatic rings. The van der Waals surface area contributed by atoms with Crippen molar-refractivity contribution < 1.29 is 38.5 Å². The van der Waals surface area contributed by atoms with Crippen molar-refractivity contribution in [3.8, 4) is 11.5 Å². The summed E-state index contributed by atoms with van der Waals surface area (Å²) in [7, 11) is 0. The van der Waals surface area contributed by atoms with Gasteiger partial charge in [-0.2, -0.15) is 0 Å². The number of hydrogen-bond acceptors (Lipinski definition) is 8. The SMILES string of the molecule is CCCC(=O)Oc1ccc(C[C@H](NCC(C)OC(=O)CC(C)(C)C)C(=O)O)cc1OC(=O)CCC. The van der Waals surface area contributed by atoms with E-state index in [1.807, 2.05) is 34.6 Å². The highest BCUT2D eigenvalue weighted by Crippen LogP contribution is 2.30. The number of benzene rings is 1. The monoisotopic (exact) mass is 493 g/mol. The van der Waals surface area contributed by atoms with Gasteiger partial charge < -0.3 is 24.6 Å². The summed E-state index contributed by atoms with van der Waals surface area (Å²) in [4.78, 5) is 47.9. The van der Waals surface area contributed by atoms with Crippen molar-refractivity contribution in [3.63, 3.8) is 0 Å². The molecule has 0 spiro atoms. The van der Waals surface area contributed by atoms with Gasteiger partial charge in [-0.25, -0.2) is 0 Å². The normalized spacial score (nSPS) is 13.0. The summed E-state index contributed by atoms with van der Waals surface area (Å²) in [6.07, 6.45) is 1.42. The summed E-state index contributed by atoms with van der Waals surface area (Å²) in [5.41, 5.74) is 0.361. The van der Waals surface area contributed by atoms with Crippen LogP contribution in [0.3, 0.4) is 0 Å². The Labute approximate surface area is 207 Å². The average Bonchev–Trinajstić information content (AvgIpc) is 2.71. The Morgan fingerprint density at radius 1 is 0.943 bits per heavy atom. The lowest BCUT2D eigenvalue weighted by molar-refractivity contribution is -0.150. The first-order chi connectivity index (χ1) is 16.3. The zero-order valence-corrected chi connectivity index (χ0v) is 21.6. The van der Waals surface area contributed by atoms with Crippen LogP contribution >= 0.6 is 0 Å². The molecule has 35 heavy (non-hydrogen) atoms. The van der Waals surface area contributed by atoms with Gasteiger partial charge in [0.25, 0.3) is 0 Å². The van der Waals surface area contributed by atoms with E-state index in [-0.39, 0.29) is 55.1 Å². The molecule has 0 aliphatic heterocycles. The number of hydrogen-bond donors (Lipinski definition) is 2. The predicted octanol–water partition coefficient (Wildman–Crippen LogP) is 4.05. The molecule has 0 heterocycles. The van der Waals surface area contributed by atoms with Crippen molar-refractivity contribution in [2.45, 2.75) is 92.2 Å². The molecule has 1 rings (SSSR count). The van der Waals surface area contributed by atoms with Crippen molar-refractivity contribution in [2.75, 3.05) is 6.54 Å². The molecule has 0 saturated heterocycles. The van der Waals surface area contributed by atoms with Gasteiger partial charge >= 0.3 is 23.9 Å². The second-order valence-corrected chi connectivity index (χ2v) is 9.77. The molecule has 2 atom stereocenters. The number of ether oxygens (including phenoxy) is 3. The molecule has 2 N–H and O–H groups in total. The fourth-order valence-electron chi connectivity index (χ4n) is 3.13.